The summed E-state index contributed by atoms with van der Waals surface area (Å²) >= 11 is 0. The Morgan fingerprint density at radius 1 is 1.26 bits per heavy atom. The Hall–Kier alpha value is -1.19. The van der Waals surface area contributed by atoms with Crippen molar-refractivity contribution in [2.45, 2.75) is 11.9 Å². The highest BCUT2D eigenvalue weighted by molar-refractivity contribution is 8.14. The van der Waals surface area contributed by atoms with E-state index in [0.29, 0.717) is 11.2 Å². The monoisotopic (exact) mass is 323 g/mol. The molecule has 2 aromatic rings. The first-order valence-electron chi connectivity index (χ1n) is 5.15. The molecule has 0 aliphatic heterocycles. The third-order valence-electron chi connectivity index (χ3n) is 2.37. The van der Waals surface area contributed by atoms with Crippen molar-refractivity contribution in [3.8, 4) is 0 Å². The summed E-state index contributed by atoms with van der Waals surface area (Å²) in [7, 11) is -2.69. The number of sulfone groups is 1. The number of fused-ring (bicyclic) bond motifs is 1. The predicted molar refractivity (Wildman–Crippen MR) is 69.4 cm³/mol. The predicted octanol–water partition coefficient (Wildman–Crippen LogP) is 0.380. The molecule has 7 nitrogen and oxygen atoms in total. The molecular formula is C9H10ClN3O4S2. The third-order valence-corrected chi connectivity index (χ3v) is 5.43. The zero-order chi connectivity index (χ0) is 14.3. The van der Waals surface area contributed by atoms with Gasteiger partial charge in [0.1, 0.15) is 5.52 Å². The molecule has 0 spiro atoms. The summed E-state index contributed by atoms with van der Waals surface area (Å²) in [5, 5.41) is 3.87. The lowest BCUT2D eigenvalue weighted by atomic mass is 10.4. The summed E-state index contributed by atoms with van der Waals surface area (Å²) in [6.07, 6.45) is 2.81. The number of hydrogen-bond acceptors (Lipinski definition) is 6. The first kappa shape index (κ1) is 14.2. The number of aromatic nitrogens is 3. The fraction of sp³-hybridized carbons (Fsp3) is 0.333. The SMILES string of the molecule is Cc1cc2c(S(=O)(=O)CCS(=O)(=O)Cl)nccn2n1. The average Bonchev–Trinajstić information content (AvgIpc) is 2.65. The van der Waals surface area contributed by atoms with Gasteiger partial charge in [0.2, 0.25) is 9.05 Å². The molecule has 10 heteroatoms. The lowest BCUT2D eigenvalue weighted by molar-refractivity contribution is 0.590. The highest BCUT2D eigenvalue weighted by atomic mass is 35.7. The topological polar surface area (TPSA) is 98.5 Å². The maximum Gasteiger partial charge on any atom is 0.233 e. The molecule has 0 atom stereocenters. The first-order chi connectivity index (χ1) is 8.69. The quantitative estimate of drug-likeness (QED) is 0.754. The average molecular weight is 324 g/mol. The van der Waals surface area contributed by atoms with Crippen molar-refractivity contribution >= 4 is 35.1 Å². The second kappa shape index (κ2) is 4.73. The summed E-state index contributed by atoms with van der Waals surface area (Å²) in [5.74, 6) is -1.28. The van der Waals surface area contributed by atoms with Gasteiger partial charge in [-0.2, -0.15) is 5.10 Å². The molecular weight excluding hydrogens is 314 g/mol. The van der Waals surface area contributed by atoms with Gasteiger partial charge >= 0.3 is 0 Å². The molecule has 2 heterocycles. The van der Waals surface area contributed by atoms with E-state index in [2.05, 4.69) is 10.1 Å². The molecule has 0 bridgehead atoms. The van der Waals surface area contributed by atoms with Crippen LogP contribution in [0.3, 0.4) is 0 Å². The first-order valence-corrected chi connectivity index (χ1v) is 9.28. The molecule has 0 aromatic carbocycles. The van der Waals surface area contributed by atoms with Gasteiger partial charge in [0.05, 0.1) is 17.2 Å². The maximum absolute atomic E-state index is 12.1. The number of hydrogen-bond donors (Lipinski definition) is 0. The lowest BCUT2D eigenvalue weighted by Crippen LogP contribution is -2.16. The fourth-order valence-electron chi connectivity index (χ4n) is 1.57. The zero-order valence-corrected chi connectivity index (χ0v) is 12.2. The van der Waals surface area contributed by atoms with Crippen molar-refractivity contribution < 1.29 is 16.8 Å². The summed E-state index contributed by atoms with van der Waals surface area (Å²) < 4.78 is 47.2. The molecule has 104 valence electrons. The minimum absolute atomic E-state index is 0.198. The van der Waals surface area contributed by atoms with Crippen molar-refractivity contribution in [1.29, 1.82) is 0 Å². The standard InChI is InChI=1S/C9H10ClN3O4S2/c1-7-6-8-9(11-2-3-13(8)12-7)18(14,15)4-5-19(10,16)17/h2-3,6H,4-5H2,1H3. The minimum atomic E-state index is -3.87. The maximum atomic E-state index is 12.1. The van der Waals surface area contributed by atoms with Crippen LogP contribution in [0.25, 0.3) is 5.52 Å². The van der Waals surface area contributed by atoms with Gasteiger partial charge in [0, 0.05) is 23.1 Å². The Bertz CT molecular complexity index is 826. The molecule has 19 heavy (non-hydrogen) atoms. The highest BCUT2D eigenvalue weighted by Gasteiger charge is 2.23. The fourth-order valence-corrected chi connectivity index (χ4v) is 4.69. The smallest absolute Gasteiger partial charge is 0.233 e. The second-order valence-electron chi connectivity index (χ2n) is 3.91. The van der Waals surface area contributed by atoms with Crippen LogP contribution in [0, 0.1) is 6.92 Å². The van der Waals surface area contributed by atoms with E-state index >= 15 is 0 Å². The van der Waals surface area contributed by atoms with Crippen molar-refractivity contribution in [2.75, 3.05) is 11.5 Å². The number of halogens is 1. The van der Waals surface area contributed by atoms with Crippen LogP contribution in [0.4, 0.5) is 0 Å². The number of aryl methyl sites for hydroxylation is 1. The van der Waals surface area contributed by atoms with E-state index < -0.39 is 30.4 Å². The Morgan fingerprint density at radius 3 is 2.58 bits per heavy atom. The van der Waals surface area contributed by atoms with Crippen molar-refractivity contribution in [2.24, 2.45) is 0 Å². The van der Waals surface area contributed by atoms with Crippen LogP contribution in [0.2, 0.25) is 0 Å². The Labute approximate surface area is 114 Å². The van der Waals surface area contributed by atoms with Gasteiger partial charge in [-0.3, -0.25) is 0 Å². The highest BCUT2D eigenvalue weighted by Crippen LogP contribution is 2.17. The largest absolute Gasteiger partial charge is 0.241 e. The summed E-state index contributed by atoms with van der Waals surface area (Å²) in [6, 6.07) is 1.56. The molecule has 0 aliphatic rings. The van der Waals surface area contributed by atoms with Gasteiger partial charge in [-0.05, 0) is 13.0 Å². The van der Waals surface area contributed by atoms with Gasteiger partial charge in [-0.15, -0.1) is 0 Å². The minimum Gasteiger partial charge on any atom is -0.241 e. The molecule has 2 rings (SSSR count). The molecule has 0 N–H and O–H groups in total. The lowest BCUT2D eigenvalue weighted by Gasteiger charge is -2.03. The summed E-state index contributed by atoms with van der Waals surface area (Å²) in [6.45, 7) is 1.71. The van der Waals surface area contributed by atoms with E-state index in [0.717, 1.165) is 0 Å². The van der Waals surface area contributed by atoms with E-state index in [1.165, 1.54) is 16.9 Å². The van der Waals surface area contributed by atoms with E-state index in [1.54, 1.807) is 13.0 Å². The third kappa shape index (κ3) is 3.23. The van der Waals surface area contributed by atoms with E-state index in [-0.39, 0.29) is 5.03 Å². The van der Waals surface area contributed by atoms with Crippen LogP contribution >= 0.6 is 10.7 Å². The van der Waals surface area contributed by atoms with Crippen LogP contribution in [0.15, 0.2) is 23.5 Å². The Balaban J connectivity index is 2.49. The van der Waals surface area contributed by atoms with Gasteiger partial charge in [-0.25, -0.2) is 26.3 Å². The Kier molecular flexibility index (Phi) is 3.54. The number of nitrogens with zero attached hydrogens (tertiary/aromatic N) is 3. The molecule has 0 saturated heterocycles. The van der Waals surface area contributed by atoms with Crippen molar-refractivity contribution in [3.63, 3.8) is 0 Å². The van der Waals surface area contributed by atoms with E-state index in [1.807, 2.05) is 0 Å². The van der Waals surface area contributed by atoms with E-state index in [4.69, 9.17) is 10.7 Å². The van der Waals surface area contributed by atoms with Crippen LogP contribution in [-0.4, -0.2) is 42.9 Å². The molecule has 0 radical (unpaired) electrons. The summed E-state index contributed by atoms with van der Waals surface area (Å²) in [4.78, 5) is 3.81. The van der Waals surface area contributed by atoms with Crippen molar-refractivity contribution in [1.82, 2.24) is 14.6 Å². The normalized spacial score (nSPS) is 12.9. The van der Waals surface area contributed by atoms with Crippen LogP contribution in [0.1, 0.15) is 5.69 Å². The van der Waals surface area contributed by atoms with Crippen LogP contribution < -0.4 is 0 Å². The Morgan fingerprint density at radius 2 is 1.95 bits per heavy atom. The zero-order valence-electron chi connectivity index (χ0n) is 9.82. The van der Waals surface area contributed by atoms with Gasteiger partial charge < -0.3 is 0 Å². The van der Waals surface area contributed by atoms with E-state index in [9.17, 15) is 16.8 Å². The molecule has 0 unspecified atom stereocenters. The molecule has 0 fully saturated rings. The van der Waals surface area contributed by atoms with Gasteiger partial charge in [-0.1, -0.05) is 0 Å². The van der Waals surface area contributed by atoms with Crippen molar-refractivity contribution in [3.05, 3.63) is 24.2 Å². The molecule has 0 saturated carbocycles. The molecule has 0 amide bonds. The summed E-state index contributed by atoms with van der Waals surface area (Å²) in [5.41, 5.74) is 0.946. The van der Waals surface area contributed by atoms with Gasteiger partial charge in [0.25, 0.3) is 0 Å². The second-order valence-corrected chi connectivity index (χ2v) is 8.83. The van der Waals surface area contributed by atoms with Gasteiger partial charge in [0.15, 0.2) is 14.9 Å². The van der Waals surface area contributed by atoms with Crippen LogP contribution in [0.5, 0.6) is 0 Å². The number of rotatable bonds is 4. The molecule has 0 aliphatic carbocycles. The molecule has 2 aromatic heterocycles. The van der Waals surface area contributed by atoms with Crippen LogP contribution in [-0.2, 0) is 18.9 Å².